The van der Waals surface area contributed by atoms with Gasteiger partial charge in [-0.15, -0.1) is 0 Å². The molecule has 0 aliphatic carbocycles. The third-order valence-electron chi connectivity index (χ3n) is 17.7. The van der Waals surface area contributed by atoms with Crippen LogP contribution in [0.25, 0.3) is 22.3 Å². The zero-order valence-corrected chi connectivity index (χ0v) is 54.9. The van der Waals surface area contributed by atoms with Gasteiger partial charge in [-0.05, 0) is 36.4 Å². The van der Waals surface area contributed by atoms with Gasteiger partial charge in [-0.3, -0.25) is 0 Å². The van der Waals surface area contributed by atoms with E-state index < -0.39 is 339 Å². The number of esters is 8. The summed E-state index contributed by atoms with van der Waals surface area (Å²) in [6.45, 7) is -2.99. The van der Waals surface area contributed by atoms with Gasteiger partial charge < -0.3 is 179 Å². The average molecular weight is 1570 g/mol. The lowest BCUT2D eigenvalue weighted by molar-refractivity contribution is -0.284. The number of ether oxygens (including phenoxy) is 12. The molecule has 0 spiro atoms. The van der Waals surface area contributed by atoms with Gasteiger partial charge in [-0.2, -0.15) is 0 Å². The molecule has 0 saturated carbocycles. The Labute approximate surface area is 615 Å². The fraction of sp³-hybridized carbons (Fsp3) is 0.176. The van der Waals surface area contributed by atoms with Gasteiger partial charge in [0.15, 0.2) is 153 Å². The second-order valence-corrected chi connectivity index (χ2v) is 24.4. The molecule has 8 aromatic carbocycles. The number of benzene rings is 8. The zero-order valence-electron chi connectivity index (χ0n) is 54.9. The number of rotatable bonds is 4. The molecule has 24 N–H and O–H groups in total. The number of hydrogen-bond donors (Lipinski definition) is 24. The third kappa shape index (κ3) is 12.4. The van der Waals surface area contributed by atoms with Crippen molar-refractivity contribution >= 4 is 47.8 Å². The van der Waals surface area contributed by atoms with Gasteiger partial charge in [-0.25, -0.2) is 38.4 Å². The Balaban J connectivity index is 1.07. The van der Waals surface area contributed by atoms with Crippen molar-refractivity contribution in [3.05, 3.63) is 105 Å². The lowest BCUT2D eigenvalue weighted by atomic mass is 9.91. The van der Waals surface area contributed by atoms with Crippen LogP contribution in [0, 0.1) is 0 Å². The Morgan fingerprint density at radius 3 is 1.02 bits per heavy atom. The van der Waals surface area contributed by atoms with Crippen LogP contribution < -0.4 is 9.47 Å². The number of fused-ring (bicyclic) bond motifs is 8. The molecule has 6 heterocycles. The molecular formula is C68H48O44. The molecule has 44 nitrogen and oxygen atoms in total. The first kappa shape index (κ1) is 74.8. The molecule has 44 heteroatoms. The Kier molecular flexibility index (Phi) is 18.3. The molecule has 112 heavy (non-hydrogen) atoms. The van der Waals surface area contributed by atoms with Crippen LogP contribution in [0.5, 0.6) is 149 Å². The molecule has 0 amide bonds. The molecule has 0 unspecified atom stereocenters. The van der Waals surface area contributed by atoms with E-state index in [0.717, 1.165) is 0 Å². The number of cyclic esters (lactones) is 1. The molecule has 6 aliphatic heterocycles. The number of hydrogen-bond acceptors (Lipinski definition) is 44. The molecule has 14 rings (SSSR count). The summed E-state index contributed by atoms with van der Waals surface area (Å²) in [6, 6.07) is 3.07. The summed E-state index contributed by atoms with van der Waals surface area (Å²) in [7, 11) is 0. The van der Waals surface area contributed by atoms with E-state index in [1.165, 1.54) is 0 Å². The van der Waals surface area contributed by atoms with E-state index in [2.05, 4.69) is 0 Å². The second kappa shape index (κ2) is 27.4. The summed E-state index contributed by atoms with van der Waals surface area (Å²) >= 11 is 0. The first-order valence-corrected chi connectivity index (χ1v) is 31.2. The van der Waals surface area contributed by atoms with Crippen molar-refractivity contribution in [3.63, 3.8) is 0 Å². The molecule has 8 aromatic rings. The lowest BCUT2D eigenvalue weighted by Gasteiger charge is -2.43. The maximum absolute atomic E-state index is 15.5. The second-order valence-electron chi connectivity index (χ2n) is 24.4. The van der Waals surface area contributed by atoms with Crippen LogP contribution in [0.1, 0.15) is 82.9 Å². The van der Waals surface area contributed by atoms with Gasteiger partial charge in [0.1, 0.15) is 42.1 Å². The van der Waals surface area contributed by atoms with Crippen molar-refractivity contribution in [1.29, 1.82) is 0 Å². The highest BCUT2D eigenvalue weighted by Gasteiger charge is 2.56. The Morgan fingerprint density at radius 1 is 0.295 bits per heavy atom. The maximum atomic E-state index is 15.5. The van der Waals surface area contributed by atoms with Crippen molar-refractivity contribution in [1.82, 2.24) is 0 Å². The number of phenolic OH excluding ortho intramolecular Hbond substituents is 22. The standard InChI is InChI=1S/C68H48O44/c69-22-1-13(2-23(70)38(22)78)59(91)109-55-53-31-11-101-61(93)16-6-26(73)40(80)46(86)34(16)35-18(63(95)107-53)10-30(44(84)47(35)87)104-52-21(8-28(75)42(82)50(52)90)66(98)112-58-56(110-60(92)14-3-24(71)39(79)25(72)4-14)54-32(106-68(58)100)12-102-62(94)17-9-29(43(83)45(85)33(17)15-5-19(64(96)108-54)37(77)48(88)36(15)76)103-51-20(7-27(74)41(81)49(51)89)65(97)111-57(55)67(99)105-31/h1-10,31-32,53-58,67-90,99-100H,11-12H2/t31-,32-,53-,54-,55+,56+,57-,58-,67-,68-/m1/s1. The fourth-order valence-electron chi connectivity index (χ4n) is 12.2. The number of phenols is 22. The van der Waals surface area contributed by atoms with Crippen LogP contribution in [-0.4, -0.2) is 245 Å². The smallest absolute Gasteiger partial charge is 0.342 e. The summed E-state index contributed by atoms with van der Waals surface area (Å²) in [4.78, 5) is 118. The molecule has 2 saturated heterocycles. The van der Waals surface area contributed by atoms with Crippen LogP contribution >= 0.6 is 0 Å². The lowest BCUT2D eigenvalue weighted by Crippen LogP contribution is -2.62. The minimum atomic E-state index is -2.95. The van der Waals surface area contributed by atoms with E-state index in [-0.39, 0.29) is 24.3 Å². The third-order valence-corrected chi connectivity index (χ3v) is 17.7. The summed E-state index contributed by atoms with van der Waals surface area (Å²) in [5.74, 6) is -56.6. The first-order valence-electron chi connectivity index (χ1n) is 31.2. The quantitative estimate of drug-likeness (QED) is 0.0682. The van der Waals surface area contributed by atoms with Crippen LogP contribution in [-0.2, 0) is 47.4 Å². The van der Waals surface area contributed by atoms with Gasteiger partial charge in [-0.1, -0.05) is 0 Å². The number of aliphatic hydroxyl groups excluding tert-OH is 2. The Hall–Kier alpha value is -15.4. The molecule has 0 aromatic heterocycles. The van der Waals surface area contributed by atoms with E-state index in [0.29, 0.717) is 36.4 Å². The van der Waals surface area contributed by atoms with Crippen molar-refractivity contribution in [3.8, 4) is 172 Å². The topological polar surface area (TPSA) is 733 Å². The number of carbonyl (C=O) groups is 8. The number of aromatic hydroxyl groups is 22. The van der Waals surface area contributed by atoms with Crippen molar-refractivity contribution in [2.45, 2.75) is 61.4 Å². The molecule has 11 bridgehead atoms. The van der Waals surface area contributed by atoms with Crippen molar-refractivity contribution in [2.24, 2.45) is 0 Å². The van der Waals surface area contributed by atoms with E-state index in [9.17, 15) is 147 Å². The monoisotopic (exact) mass is 1570 g/mol. The van der Waals surface area contributed by atoms with E-state index in [1.54, 1.807) is 0 Å². The molecular weight excluding hydrogens is 1520 g/mol. The zero-order chi connectivity index (χ0) is 81.3. The van der Waals surface area contributed by atoms with Gasteiger partial charge >= 0.3 is 47.8 Å². The Bertz CT molecular complexity index is 5420. The molecule has 6 aliphatic rings. The Morgan fingerprint density at radius 2 is 0.607 bits per heavy atom. The molecule has 10 atom stereocenters. The number of aliphatic hydroxyl groups is 2. The molecule has 2 fully saturated rings. The van der Waals surface area contributed by atoms with Crippen LogP contribution in [0.2, 0.25) is 0 Å². The highest BCUT2D eigenvalue weighted by atomic mass is 16.7. The van der Waals surface area contributed by atoms with E-state index in [1.807, 2.05) is 0 Å². The maximum Gasteiger partial charge on any atom is 0.342 e. The predicted octanol–water partition coefficient (Wildman–Crippen LogP) is 2.17. The van der Waals surface area contributed by atoms with Crippen LogP contribution in [0.15, 0.2) is 60.7 Å². The fourth-order valence-corrected chi connectivity index (χ4v) is 12.2. The predicted molar refractivity (Wildman–Crippen MR) is 344 cm³/mol. The summed E-state index contributed by atoms with van der Waals surface area (Å²) < 4.78 is 67.4. The normalized spacial score (nSPS) is 21.4. The minimum absolute atomic E-state index is 0.148. The largest absolute Gasteiger partial charge is 0.504 e. The molecule has 0 radical (unpaired) electrons. The molecule has 584 valence electrons. The highest BCUT2D eigenvalue weighted by Crippen LogP contribution is 2.59. The van der Waals surface area contributed by atoms with Gasteiger partial charge in [0.2, 0.25) is 46.0 Å². The number of carbonyl (C=O) groups excluding carboxylic acids is 8. The summed E-state index contributed by atoms with van der Waals surface area (Å²) in [6.07, 6.45) is -27.7. The van der Waals surface area contributed by atoms with E-state index >= 15 is 14.4 Å². The summed E-state index contributed by atoms with van der Waals surface area (Å²) in [5, 5.41) is 269. The van der Waals surface area contributed by atoms with Crippen LogP contribution in [0.4, 0.5) is 0 Å². The van der Waals surface area contributed by atoms with Gasteiger partial charge in [0.05, 0.1) is 27.8 Å². The van der Waals surface area contributed by atoms with Crippen LogP contribution in [0.3, 0.4) is 0 Å². The minimum Gasteiger partial charge on any atom is -0.504 e. The van der Waals surface area contributed by atoms with E-state index in [4.69, 9.17) is 56.8 Å². The van der Waals surface area contributed by atoms with Crippen molar-refractivity contribution in [2.75, 3.05) is 13.2 Å². The SMILES string of the molecule is O=C(O[C@@H]1[C@H]2OC(=O)c3cc(O)c(O)c(O)c3Oc3cc4c(c(O)c3O)-c3c(cc(O)c(O)c3O)C(=O)OC[C@H]3O[C@@H](O)[C@H](OC(=O)c5cc(O)c(O)c(O)c5Oc5cc6c(c(O)c5O)-c5cc(c(O)c(O)c5O)C(=O)O[C@@H]1[C@@H](COC6=O)O[C@H]2O)[C@@H](OC(=O)c1cc(O)c(O)c(O)c1)[C@@H]3OC4=O)c1cc(O)c(O)c(O)c1. The first-order chi connectivity index (χ1) is 52.8. The van der Waals surface area contributed by atoms with Gasteiger partial charge in [0, 0.05) is 46.5 Å². The van der Waals surface area contributed by atoms with Crippen molar-refractivity contribution < 1.29 is 218 Å². The summed E-state index contributed by atoms with van der Waals surface area (Å²) in [5.41, 5.74) is -15.6. The average Bonchev–Trinajstić information content (AvgIpc) is 1.02. The van der Waals surface area contributed by atoms with Gasteiger partial charge in [0.25, 0.3) is 0 Å². The highest BCUT2D eigenvalue weighted by molar-refractivity contribution is 6.09.